The van der Waals surface area contributed by atoms with Gasteiger partial charge >= 0.3 is 12.0 Å². The molecule has 0 radical (unpaired) electrons. The van der Waals surface area contributed by atoms with E-state index in [-0.39, 0.29) is 19.0 Å². The number of anilines is 1. The van der Waals surface area contributed by atoms with Crippen LogP contribution in [0.1, 0.15) is 6.42 Å². The first kappa shape index (κ1) is 13.5. The summed E-state index contributed by atoms with van der Waals surface area (Å²) in [4.78, 5) is 21.9. The molecule has 0 bridgehead atoms. The summed E-state index contributed by atoms with van der Waals surface area (Å²) >= 11 is 1.47. The Bertz CT molecular complexity index is 366. The minimum atomic E-state index is -0.961. The number of hydrogen-bond acceptors (Lipinski definition) is 4. The van der Waals surface area contributed by atoms with Crippen LogP contribution in [0.5, 0.6) is 0 Å². The number of hydrogen-bond donors (Lipinski definition) is 3. The second-order valence-electron chi connectivity index (χ2n) is 3.30. The lowest BCUT2D eigenvalue weighted by Crippen LogP contribution is -2.36. The van der Waals surface area contributed by atoms with Crippen LogP contribution >= 0.6 is 11.3 Å². The van der Waals surface area contributed by atoms with Crippen molar-refractivity contribution in [1.82, 2.24) is 5.32 Å². The molecule has 1 unspecified atom stereocenters. The van der Waals surface area contributed by atoms with Gasteiger partial charge < -0.3 is 20.5 Å². The minimum absolute atomic E-state index is 0.144. The van der Waals surface area contributed by atoms with Gasteiger partial charge in [0.2, 0.25) is 0 Å². The lowest BCUT2D eigenvalue weighted by Gasteiger charge is -2.14. The number of carbonyl (C=O) groups is 2. The zero-order valence-corrected chi connectivity index (χ0v) is 10.1. The largest absolute Gasteiger partial charge is 0.481 e. The first-order valence-electron chi connectivity index (χ1n) is 4.93. The Morgan fingerprint density at radius 3 is 2.88 bits per heavy atom. The fraction of sp³-hybridized carbons (Fsp3) is 0.400. The Balaban J connectivity index is 2.29. The number of rotatable bonds is 6. The molecule has 6 nitrogen and oxygen atoms in total. The summed E-state index contributed by atoms with van der Waals surface area (Å²) in [6, 6.07) is 1.39. The summed E-state index contributed by atoms with van der Waals surface area (Å²) in [5.41, 5.74) is 0.708. The molecule has 0 aromatic carbocycles. The molecule has 1 atom stereocenters. The molecule has 94 valence electrons. The maximum absolute atomic E-state index is 11.4. The molecule has 3 N–H and O–H groups in total. The van der Waals surface area contributed by atoms with Crippen molar-refractivity contribution < 1.29 is 19.4 Å². The lowest BCUT2D eigenvalue weighted by molar-refractivity contribution is -0.139. The highest BCUT2D eigenvalue weighted by atomic mass is 32.1. The van der Waals surface area contributed by atoms with Crippen molar-refractivity contribution >= 4 is 29.0 Å². The van der Waals surface area contributed by atoms with Crippen LogP contribution in [0.3, 0.4) is 0 Å². The SMILES string of the molecule is COC(CNC(=O)Nc1ccsc1)CC(=O)O. The zero-order chi connectivity index (χ0) is 12.7. The van der Waals surface area contributed by atoms with Crippen LogP contribution in [0.15, 0.2) is 16.8 Å². The molecule has 7 heteroatoms. The predicted octanol–water partition coefficient (Wildman–Crippen LogP) is 1.36. The minimum Gasteiger partial charge on any atom is -0.481 e. The van der Waals surface area contributed by atoms with Crippen LogP contribution in [0.4, 0.5) is 10.5 Å². The maximum atomic E-state index is 11.4. The molecule has 0 spiro atoms. The van der Waals surface area contributed by atoms with Gasteiger partial charge in [-0.05, 0) is 11.4 Å². The van der Waals surface area contributed by atoms with E-state index in [1.54, 1.807) is 11.4 Å². The van der Waals surface area contributed by atoms with Crippen molar-refractivity contribution in [1.29, 1.82) is 0 Å². The van der Waals surface area contributed by atoms with E-state index in [2.05, 4.69) is 10.6 Å². The Hall–Kier alpha value is -1.60. The summed E-state index contributed by atoms with van der Waals surface area (Å²) in [5, 5.41) is 17.4. The van der Waals surface area contributed by atoms with Gasteiger partial charge in [0.05, 0.1) is 18.2 Å². The molecule has 0 saturated heterocycles. The predicted molar refractivity (Wildman–Crippen MR) is 64.4 cm³/mol. The van der Waals surface area contributed by atoms with E-state index in [1.165, 1.54) is 18.4 Å². The first-order valence-corrected chi connectivity index (χ1v) is 5.87. The van der Waals surface area contributed by atoms with Crippen LogP contribution < -0.4 is 10.6 Å². The second kappa shape index (κ2) is 6.87. The molecular formula is C10H14N2O4S. The van der Waals surface area contributed by atoms with Crippen LogP contribution in [0.2, 0.25) is 0 Å². The maximum Gasteiger partial charge on any atom is 0.319 e. The summed E-state index contributed by atoms with van der Waals surface area (Å²) in [7, 11) is 1.41. The molecule has 2 amide bonds. The van der Waals surface area contributed by atoms with Crippen LogP contribution in [-0.4, -0.2) is 36.9 Å². The van der Waals surface area contributed by atoms with Crippen molar-refractivity contribution in [2.24, 2.45) is 0 Å². The van der Waals surface area contributed by atoms with Crippen molar-refractivity contribution in [3.8, 4) is 0 Å². The van der Waals surface area contributed by atoms with Gasteiger partial charge in [-0.2, -0.15) is 11.3 Å². The average molecular weight is 258 g/mol. The normalized spacial score (nSPS) is 11.8. The van der Waals surface area contributed by atoms with Gasteiger partial charge in [0.25, 0.3) is 0 Å². The van der Waals surface area contributed by atoms with Crippen LogP contribution in [-0.2, 0) is 9.53 Å². The molecule has 17 heavy (non-hydrogen) atoms. The van der Waals surface area contributed by atoms with E-state index in [0.29, 0.717) is 5.69 Å². The molecule has 1 aromatic heterocycles. The first-order chi connectivity index (χ1) is 8.11. The molecule has 0 fully saturated rings. The number of aliphatic carboxylic acids is 1. The third-order valence-corrected chi connectivity index (χ3v) is 2.69. The number of methoxy groups -OCH3 is 1. The third-order valence-electron chi connectivity index (χ3n) is 2.00. The Labute approximate surface area is 103 Å². The van der Waals surface area contributed by atoms with Gasteiger partial charge in [-0.3, -0.25) is 4.79 Å². The van der Waals surface area contributed by atoms with Gasteiger partial charge in [0, 0.05) is 19.0 Å². The van der Waals surface area contributed by atoms with Crippen molar-refractivity contribution in [3.05, 3.63) is 16.8 Å². The zero-order valence-electron chi connectivity index (χ0n) is 9.30. The van der Waals surface area contributed by atoms with Gasteiger partial charge in [0.1, 0.15) is 0 Å². The number of amides is 2. The van der Waals surface area contributed by atoms with Gasteiger partial charge in [-0.15, -0.1) is 0 Å². The smallest absolute Gasteiger partial charge is 0.319 e. The highest BCUT2D eigenvalue weighted by Crippen LogP contribution is 2.11. The quantitative estimate of drug-likeness (QED) is 0.719. The molecule has 0 aliphatic rings. The molecule has 0 aliphatic heterocycles. The van der Waals surface area contributed by atoms with E-state index in [4.69, 9.17) is 9.84 Å². The number of thiophene rings is 1. The number of carboxylic acids is 1. The number of nitrogens with one attached hydrogen (secondary N) is 2. The van der Waals surface area contributed by atoms with E-state index in [1.807, 2.05) is 5.38 Å². The third kappa shape index (κ3) is 5.32. The van der Waals surface area contributed by atoms with Crippen molar-refractivity contribution in [3.63, 3.8) is 0 Å². The van der Waals surface area contributed by atoms with Crippen molar-refractivity contribution in [2.45, 2.75) is 12.5 Å². The van der Waals surface area contributed by atoms with E-state index >= 15 is 0 Å². The van der Waals surface area contributed by atoms with Crippen LogP contribution in [0, 0.1) is 0 Å². The number of carboxylic acid groups (broad SMARTS) is 1. The van der Waals surface area contributed by atoms with Gasteiger partial charge in [0.15, 0.2) is 0 Å². The van der Waals surface area contributed by atoms with E-state index in [0.717, 1.165) is 0 Å². The summed E-state index contributed by atoms with van der Waals surface area (Å²) in [6.07, 6.45) is -0.671. The molecule has 0 saturated carbocycles. The number of ether oxygens (including phenoxy) is 1. The lowest BCUT2D eigenvalue weighted by atomic mass is 10.2. The van der Waals surface area contributed by atoms with Crippen molar-refractivity contribution in [2.75, 3.05) is 19.0 Å². The summed E-state index contributed by atoms with van der Waals surface area (Å²) < 4.78 is 4.93. The standard InChI is InChI=1S/C10H14N2O4S/c1-16-8(4-9(13)14)5-11-10(15)12-7-2-3-17-6-7/h2-3,6,8H,4-5H2,1H3,(H,13,14)(H2,11,12,15). The highest BCUT2D eigenvalue weighted by Gasteiger charge is 2.13. The fourth-order valence-electron chi connectivity index (χ4n) is 1.15. The second-order valence-corrected chi connectivity index (χ2v) is 4.08. The number of urea groups is 1. The topological polar surface area (TPSA) is 87.7 Å². The Morgan fingerprint density at radius 2 is 2.35 bits per heavy atom. The summed E-state index contributed by atoms with van der Waals surface area (Å²) in [6.45, 7) is 0.152. The fourth-order valence-corrected chi connectivity index (χ4v) is 1.74. The highest BCUT2D eigenvalue weighted by molar-refractivity contribution is 7.08. The van der Waals surface area contributed by atoms with Crippen LogP contribution in [0.25, 0.3) is 0 Å². The average Bonchev–Trinajstić information content (AvgIpc) is 2.76. The monoisotopic (exact) mass is 258 g/mol. The number of carbonyl (C=O) groups excluding carboxylic acids is 1. The molecule has 0 aliphatic carbocycles. The van der Waals surface area contributed by atoms with E-state index < -0.39 is 12.1 Å². The van der Waals surface area contributed by atoms with Gasteiger partial charge in [-0.1, -0.05) is 0 Å². The summed E-state index contributed by atoms with van der Waals surface area (Å²) in [5.74, 6) is -0.961. The molecular weight excluding hydrogens is 244 g/mol. The Morgan fingerprint density at radius 1 is 1.59 bits per heavy atom. The molecule has 1 aromatic rings. The molecule has 1 heterocycles. The molecule has 1 rings (SSSR count). The van der Waals surface area contributed by atoms with E-state index in [9.17, 15) is 9.59 Å². The van der Waals surface area contributed by atoms with Gasteiger partial charge in [-0.25, -0.2) is 4.79 Å². The Kier molecular flexibility index (Phi) is 5.44.